The molecule has 1 N–H and O–H groups in total. The highest BCUT2D eigenvalue weighted by Gasteiger charge is 2.22. The molecule has 0 saturated carbocycles. The lowest BCUT2D eigenvalue weighted by atomic mass is 10.0. The van der Waals surface area contributed by atoms with Gasteiger partial charge in [0.2, 0.25) is 0 Å². The van der Waals surface area contributed by atoms with Crippen LogP contribution in [0.2, 0.25) is 0 Å². The Morgan fingerprint density at radius 1 is 1.29 bits per heavy atom. The average molecular weight is 319 g/mol. The number of halogens is 3. The molecule has 1 aromatic heterocycles. The summed E-state index contributed by atoms with van der Waals surface area (Å²) in [7, 11) is 0. The minimum atomic E-state index is -1.27. The van der Waals surface area contributed by atoms with Gasteiger partial charge in [-0.1, -0.05) is 15.9 Å². The molecule has 0 aliphatic carbocycles. The van der Waals surface area contributed by atoms with Crippen LogP contribution < -0.4 is 0 Å². The maximum Gasteiger partial charge on any atom is 0.133 e. The lowest BCUT2D eigenvalue weighted by Gasteiger charge is -2.13. The third-order valence-electron chi connectivity index (χ3n) is 2.51. The van der Waals surface area contributed by atoms with Gasteiger partial charge >= 0.3 is 0 Å². The van der Waals surface area contributed by atoms with E-state index in [0.29, 0.717) is 10.0 Å². The Labute approximate surface area is 110 Å². The minimum absolute atomic E-state index is 0.310. The van der Waals surface area contributed by atoms with E-state index in [4.69, 9.17) is 0 Å². The van der Waals surface area contributed by atoms with Gasteiger partial charge in [-0.05, 0) is 36.1 Å². The van der Waals surface area contributed by atoms with Crippen molar-refractivity contribution in [3.05, 3.63) is 55.7 Å². The quantitative estimate of drug-likeness (QED) is 0.880. The summed E-state index contributed by atoms with van der Waals surface area (Å²) < 4.78 is 27.6. The number of aliphatic hydroxyl groups is 1. The van der Waals surface area contributed by atoms with Crippen molar-refractivity contribution in [1.82, 2.24) is 0 Å². The van der Waals surface area contributed by atoms with Crippen LogP contribution >= 0.6 is 27.3 Å². The van der Waals surface area contributed by atoms with Crippen molar-refractivity contribution >= 4 is 27.3 Å². The van der Waals surface area contributed by atoms with E-state index < -0.39 is 17.7 Å². The van der Waals surface area contributed by atoms with Crippen molar-refractivity contribution in [3.63, 3.8) is 0 Å². The molecule has 17 heavy (non-hydrogen) atoms. The van der Waals surface area contributed by atoms with Crippen molar-refractivity contribution in [2.24, 2.45) is 0 Å². The first-order valence-electron chi connectivity index (χ1n) is 4.87. The van der Waals surface area contributed by atoms with Gasteiger partial charge in [-0.25, -0.2) is 8.78 Å². The van der Waals surface area contributed by atoms with Crippen molar-refractivity contribution in [3.8, 4) is 0 Å². The van der Waals surface area contributed by atoms with Crippen LogP contribution in [0.3, 0.4) is 0 Å². The van der Waals surface area contributed by atoms with Crippen LogP contribution in [-0.2, 0) is 0 Å². The average Bonchev–Trinajstić information content (AvgIpc) is 2.62. The molecule has 1 heterocycles. The Bertz CT molecular complexity index is 530. The first-order valence-corrected chi connectivity index (χ1v) is 6.54. The topological polar surface area (TPSA) is 20.2 Å². The predicted octanol–water partition coefficient (Wildman–Crippen LogP) is 4.18. The molecule has 0 amide bonds. The second-order valence-electron chi connectivity index (χ2n) is 3.62. The largest absolute Gasteiger partial charge is 0.383 e. The summed E-state index contributed by atoms with van der Waals surface area (Å²) in [5, 5.41) is 11.8. The van der Waals surface area contributed by atoms with Gasteiger partial charge < -0.3 is 5.11 Å². The van der Waals surface area contributed by atoms with E-state index in [9.17, 15) is 13.9 Å². The normalized spacial score (nSPS) is 12.8. The fourth-order valence-electron chi connectivity index (χ4n) is 1.65. The highest BCUT2D eigenvalue weighted by atomic mass is 79.9. The SMILES string of the molecule is Cc1sccc1C(O)c1c(F)cc(Br)cc1F. The van der Waals surface area contributed by atoms with Gasteiger partial charge in [0.05, 0.1) is 5.56 Å². The van der Waals surface area contributed by atoms with Crippen molar-refractivity contribution in [1.29, 1.82) is 0 Å². The van der Waals surface area contributed by atoms with Crippen LogP contribution in [0.15, 0.2) is 28.1 Å². The van der Waals surface area contributed by atoms with Gasteiger partial charge in [0.25, 0.3) is 0 Å². The summed E-state index contributed by atoms with van der Waals surface area (Å²) in [6.45, 7) is 1.80. The molecule has 0 radical (unpaired) electrons. The summed E-state index contributed by atoms with van der Waals surface area (Å²) in [6, 6.07) is 3.96. The number of hydrogen-bond donors (Lipinski definition) is 1. The van der Waals surface area contributed by atoms with Gasteiger partial charge in [-0.15, -0.1) is 11.3 Å². The third kappa shape index (κ3) is 2.41. The molecule has 1 nitrogen and oxygen atoms in total. The number of thiophene rings is 1. The minimum Gasteiger partial charge on any atom is -0.383 e. The first-order chi connectivity index (χ1) is 8.00. The monoisotopic (exact) mass is 318 g/mol. The molecule has 2 rings (SSSR count). The zero-order valence-corrected chi connectivity index (χ0v) is 11.3. The number of rotatable bonds is 2. The lowest BCUT2D eigenvalue weighted by molar-refractivity contribution is 0.209. The lowest BCUT2D eigenvalue weighted by Crippen LogP contribution is -2.06. The highest BCUT2D eigenvalue weighted by Crippen LogP contribution is 2.32. The van der Waals surface area contributed by atoms with Crippen LogP contribution in [0.1, 0.15) is 22.1 Å². The third-order valence-corrected chi connectivity index (χ3v) is 3.83. The molecule has 1 unspecified atom stereocenters. The van der Waals surface area contributed by atoms with Gasteiger partial charge in [-0.2, -0.15) is 0 Å². The van der Waals surface area contributed by atoms with E-state index >= 15 is 0 Å². The number of hydrogen-bond acceptors (Lipinski definition) is 2. The van der Waals surface area contributed by atoms with Gasteiger partial charge in [0.1, 0.15) is 17.7 Å². The van der Waals surface area contributed by atoms with Crippen LogP contribution in [0.25, 0.3) is 0 Å². The molecular weight excluding hydrogens is 310 g/mol. The molecule has 0 aliphatic rings. The van der Waals surface area contributed by atoms with Gasteiger partial charge in [0, 0.05) is 9.35 Å². The molecule has 5 heteroatoms. The Balaban J connectivity index is 2.51. The van der Waals surface area contributed by atoms with E-state index in [1.165, 1.54) is 11.3 Å². The standard InChI is InChI=1S/C12H9BrF2OS/c1-6-8(2-3-17-6)12(16)11-9(14)4-7(13)5-10(11)15/h2-5,12,16H,1H3. The van der Waals surface area contributed by atoms with Crippen molar-refractivity contribution in [2.75, 3.05) is 0 Å². The van der Waals surface area contributed by atoms with Crippen LogP contribution in [0.4, 0.5) is 8.78 Å². The molecule has 2 aromatic rings. The Morgan fingerprint density at radius 3 is 2.35 bits per heavy atom. The van der Waals surface area contributed by atoms with Crippen LogP contribution in [0.5, 0.6) is 0 Å². The van der Waals surface area contributed by atoms with Gasteiger partial charge in [0.15, 0.2) is 0 Å². The summed E-state index contributed by atoms with van der Waals surface area (Å²) >= 11 is 4.43. The van der Waals surface area contributed by atoms with E-state index in [2.05, 4.69) is 15.9 Å². The van der Waals surface area contributed by atoms with E-state index in [1.54, 1.807) is 18.4 Å². The summed E-state index contributed by atoms with van der Waals surface area (Å²) in [4.78, 5) is 0.846. The fraction of sp³-hybridized carbons (Fsp3) is 0.167. The zero-order chi connectivity index (χ0) is 12.6. The Morgan fingerprint density at radius 2 is 1.88 bits per heavy atom. The Hall–Kier alpha value is -0.780. The molecule has 1 aromatic carbocycles. The maximum atomic E-state index is 13.7. The first kappa shape index (κ1) is 12.7. The fourth-order valence-corrected chi connectivity index (χ4v) is 2.79. The van der Waals surface area contributed by atoms with Gasteiger partial charge in [-0.3, -0.25) is 0 Å². The summed E-state index contributed by atoms with van der Waals surface area (Å²) in [5.41, 5.74) is 0.227. The molecular formula is C12H9BrF2OS. The number of aryl methyl sites for hydroxylation is 1. The molecule has 0 fully saturated rings. The Kier molecular flexibility index (Phi) is 3.61. The summed E-state index contributed by atoms with van der Waals surface area (Å²) in [6.07, 6.45) is -1.27. The highest BCUT2D eigenvalue weighted by molar-refractivity contribution is 9.10. The predicted molar refractivity (Wildman–Crippen MR) is 67.2 cm³/mol. The van der Waals surface area contributed by atoms with Crippen molar-refractivity contribution < 1.29 is 13.9 Å². The van der Waals surface area contributed by atoms with Crippen LogP contribution in [-0.4, -0.2) is 5.11 Å². The van der Waals surface area contributed by atoms with Crippen LogP contribution in [0, 0.1) is 18.6 Å². The van der Waals surface area contributed by atoms with E-state index in [0.717, 1.165) is 17.0 Å². The number of benzene rings is 1. The van der Waals surface area contributed by atoms with E-state index in [1.807, 2.05) is 0 Å². The molecule has 1 atom stereocenters. The van der Waals surface area contributed by atoms with E-state index in [-0.39, 0.29) is 5.56 Å². The number of aliphatic hydroxyl groups excluding tert-OH is 1. The smallest absolute Gasteiger partial charge is 0.133 e. The summed E-state index contributed by atoms with van der Waals surface area (Å²) in [5.74, 6) is -1.51. The second kappa shape index (κ2) is 4.84. The molecule has 0 spiro atoms. The zero-order valence-electron chi connectivity index (χ0n) is 8.88. The second-order valence-corrected chi connectivity index (χ2v) is 5.65. The molecule has 0 saturated heterocycles. The molecule has 90 valence electrons. The van der Waals surface area contributed by atoms with Crippen molar-refractivity contribution in [2.45, 2.75) is 13.0 Å². The maximum absolute atomic E-state index is 13.7. The molecule has 0 aliphatic heterocycles. The molecule has 0 bridgehead atoms.